The largest absolute Gasteiger partial charge is 0.493 e. The van der Waals surface area contributed by atoms with Crippen LogP contribution in [0.4, 0.5) is 0 Å². The molecular formula is C19H26N2OS. The first kappa shape index (κ1) is 17.7. The second-order valence-electron chi connectivity index (χ2n) is 5.50. The van der Waals surface area contributed by atoms with Gasteiger partial charge < -0.3 is 4.74 Å². The summed E-state index contributed by atoms with van der Waals surface area (Å²) < 4.78 is 5.73. The van der Waals surface area contributed by atoms with Crippen molar-refractivity contribution < 1.29 is 4.74 Å². The van der Waals surface area contributed by atoms with E-state index in [0.29, 0.717) is 0 Å². The first-order valence-electron chi connectivity index (χ1n) is 8.54. The molecule has 2 aromatic rings. The Morgan fingerprint density at radius 3 is 2.61 bits per heavy atom. The van der Waals surface area contributed by atoms with Crippen LogP contribution in [0.25, 0.3) is 10.6 Å². The zero-order valence-corrected chi connectivity index (χ0v) is 14.9. The fraction of sp³-hybridized carbons (Fsp3) is 0.474. The number of allylic oxidation sites excluding steroid dienone is 1. The van der Waals surface area contributed by atoms with E-state index in [2.05, 4.69) is 48.3 Å². The van der Waals surface area contributed by atoms with Gasteiger partial charge in [-0.15, -0.1) is 10.2 Å². The van der Waals surface area contributed by atoms with E-state index >= 15 is 0 Å². The molecule has 0 atom stereocenters. The third-order valence-corrected chi connectivity index (χ3v) is 4.55. The highest BCUT2D eigenvalue weighted by Gasteiger charge is 2.06. The number of aromatic nitrogens is 2. The van der Waals surface area contributed by atoms with E-state index in [1.54, 1.807) is 11.3 Å². The van der Waals surface area contributed by atoms with Crippen LogP contribution in [0, 0.1) is 0 Å². The Bertz CT molecular complexity index is 590. The van der Waals surface area contributed by atoms with Crippen molar-refractivity contribution in [3.8, 4) is 16.3 Å². The Morgan fingerprint density at radius 2 is 1.87 bits per heavy atom. The summed E-state index contributed by atoms with van der Waals surface area (Å²) in [5, 5.41) is 10.7. The van der Waals surface area contributed by atoms with Crippen molar-refractivity contribution >= 4 is 11.3 Å². The molecule has 3 nitrogen and oxygen atoms in total. The van der Waals surface area contributed by atoms with Crippen LogP contribution in [-0.2, 0) is 6.42 Å². The Morgan fingerprint density at radius 1 is 1.04 bits per heavy atom. The van der Waals surface area contributed by atoms with E-state index in [1.807, 2.05) is 12.1 Å². The van der Waals surface area contributed by atoms with Crippen LogP contribution in [0.2, 0.25) is 0 Å². The molecule has 0 aliphatic rings. The van der Waals surface area contributed by atoms with Crippen molar-refractivity contribution in [1.82, 2.24) is 10.2 Å². The molecule has 0 aliphatic heterocycles. The molecule has 23 heavy (non-hydrogen) atoms. The van der Waals surface area contributed by atoms with Gasteiger partial charge in [0.2, 0.25) is 0 Å². The van der Waals surface area contributed by atoms with Gasteiger partial charge in [0.25, 0.3) is 0 Å². The van der Waals surface area contributed by atoms with Crippen LogP contribution in [0.3, 0.4) is 0 Å². The molecule has 124 valence electrons. The van der Waals surface area contributed by atoms with Crippen LogP contribution >= 0.6 is 11.3 Å². The van der Waals surface area contributed by atoms with Crippen LogP contribution < -0.4 is 4.74 Å². The highest BCUT2D eigenvalue weighted by Crippen LogP contribution is 2.26. The van der Waals surface area contributed by atoms with Gasteiger partial charge >= 0.3 is 0 Å². The number of aryl methyl sites for hydroxylation is 1. The van der Waals surface area contributed by atoms with Crippen LogP contribution in [0.15, 0.2) is 36.4 Å². The molecule has 1 aromatic heterocycles. The lowest BCUT2D eigenvalue weighted by Crippen LogP contribution is -1.95. The fourth-order valence-corrected chi connectivity index (χ4v) is 3.11. The number of hydrogen-bond acceptors (Lipinski definition) is 4. The van der Waals surface area contributed by atoms with Gasteiger partial charge in [0, 0.05) is 12.0 Å². The first-order chi connectivity index (χ1) is 11.3. The Hall–Kier alpha value is -1.68. The van der Waals surface area contributed by atoms with Crippen LogP contribution in [0.1, 0.15) is 51.0 Å². The molecule has 0 amide bonds. The lowest BCUT2D eigenvalue weighted by atomic mass is 10.2. The summed E-state index contributed by atoms with van der Waals surface area (Å²) in [5.74, 6) is 0.909. The highest BCUT2D eigenvalue weighted by atomic mass is 32.1. The quantitative estimate of drug-likeness (QED) is 0.415. The van der Waals surface area contributed by atoms with Crippen LogP contribution in [-0.4, -0.2) is 16.8 Å². The summed E-state index contributed by atoms with van der Waals surface area (Å²) in [6.07, 6.45) is 11.1. The minimum Gasteiger partial charge on any atom is -0.493 e. The van der Waals surface area contributed by atoms with E-state index in [4.69, 9.17) is 4.74 Å². The minimum atomic E-state index is 0.718. The molecule has 0 fully saturated rings. The number of ether oxygens (including phenoxy) is 1. The molecule has 0 saturated carbocycles. The third kappa shape index (κ3) is 6.14. The molecule has 0 N–H and O–H groups in total. The maximum atomic E-state index is 5.73. The summed E-state index contributed by atoms with van der Waals surface area (Å²) in [6.45, 7) is 5.07. The minimum absolute atomic E-state index is 0.718. The molecular weight excluding hydrogens is 304 g/mol. The van der Waals surface area contributed by atoms with Crippen molar-refractivity contribution in [2.45, 2.75) is 52.4 Å². The van der Waals surface area contributed by atoms with Gasteiger partial charge in [-0.3, -0.25) is 0 Å². The number of benzene rings is 1. The van der Waals surface area contributed by atoms with Gasteiger partial charge in [-0.25, -0.2) is 0 Å². The number of nitrogens with zero attached hydrogens (tertiary/aromatic N) is 2. The summed E-state index contributed by atoms with van der Waals surface area (Å²) in [7, 11) is 0. The van der Waals surface area contributed by atoms with Gasteiger partial charge in [-0.2, -0.15) is 0 Å². The highest BCUT2D eigenvalue weighted by molar-refractivity contribution is 7.14. The van der Waals surface area contributed by atoms with E-state index in [0.717, 1.165) is 47.2 Å². The molecule has 0 bridgehead atoms. The molecule has 0 radical (unpaired) electrons. The second-order valence-corrected chi connectivity index (χ2v) is 6.56. The number of rotatable bonds is 10. The molecule has 1 aromatic carbocycles. The smallest absolute Gasteiger partial charge is 0.147 e. The Labute approximate surface area is 143 Å². The maximum absolute atomic E-state index is 5.73. The summed E-state index contributed by atoms with van der Waals surface area (Å²) >= 11 is 1.70. The SMILES string of the molecule is CC/C=C\CCOc1ccc(-c2nnc(CCCCC)s2)cc1. The monoisotopic (exact) mass is 330 g/mol. The first-order valence-corrected chi connectivity index (χ1v) is 9.35. The summed E-state index contributed by atoms with van der Waals surface area (Å²) in [4.78, 5) is 0. The van der Waals surface area contributed by atoms with Crippen molar-refractivity contribution in [2.24, 2.45) is 0 Å². The van der Waals surface area contributed by atoms with Gasteiger partial charge in [0.1, 0.15) is 15.8 Å². The molecule has 0 spiro atoms. The van der Waals surface area contributed by atoms with E-state index in [-0.39, 0.29) is 0 Å². The van der Waals surface area contributed by atoms with Crippen molar-refractivity contribution in [2.75, 3.05) is 6.61 Å². The molecule has 1 heterocycles. The number of unbranched alkanes of at least 4 members (excludes halogenated alkanes) is 2. The Kier molecular flexibility index (Phi) is 7.81. The molecule has 0 aliphatic carbocycles. The molecule has 4 heteroatoms. The second kappa shape index (κ2) is 10.2. The van der Waals surface area contributed by atoms with Gasteiger partial charge in [0.05, 0.1) is 6.61 Å². The predicted molar refractivity (Wildman–Crippen MR) is 98.1 cm³/mol. The summed E-state index contributed by atoms with van der Waals surface area (Å²) in [5.41, 5.74) is 1.11. The zero-order valence-electron chi connectivity index (χ0n) is 14.1. The van der Waals surface area contributed by atoms with Gasteiger partial charge in [-0.1, -0.05) is 50.2 Å². The predicted octanol–water partition coefficient (Wildman–Crippen LogP) is 5.67. The zero-order chi connectivity index (χ0) is 16.3. The molecule has 2 rings (SSSR count). The van der Waals surface area contributed by atoms with Crippen molar-refractivity contribution in [3.05, 3.63) is 41.4 Å². The lowest BCUT2D eigenvalue weighted by Gasteiger charge is -2.04. The van der Waals surface area contributed by atoms with E-state index in [9.17, 15) is 0 Å². The Balaban J connectivity index is 1.85. The van der Waals surface area contributed by atoms with Crippen molar-refractivity contribution in [3.63, 3.8) is 0 Å². The number of hydrogen-bond donors (Lipinski definition) is 0. The van der Waals surface area contributed by atoms with Gasteiger partial charge in [-0.05, 0) is 43.5 Å². The van der Waals surface area contributed by atoms with E-state index < -0.39 is 0 Å². The third-order valence-electron chi connectivity index (χ3n) is 3.52. The van der Waals surface area contributed by atoms with Crippen LogP contribution in [0.5, 0.6) is 5.75 Å². The standard InChI is InChI=1S/C19H26N2OS/c1-3-5-7-9-15-22-17-13-11-16(12-14-17)19-21-20-18(23-19)10-8-6-4-2/h5,7,11-14H,3-4,6,8-10,15H2,1-2H3/b7-5-. The van der Waals surface area contributed by atoms with Gasteiger partial charge in [0.15, 0.2) is 0 Å². The van der Waals surface area contributed by atoms with Crippen molar-refractivity contribution in [1.29, 1.82) is 0 Å². The molecule has 0 saturated heterocycles. The maximum Gasteiger partial charge on any atom is 0.147 e. The normalized spacial score (nSPS) is 11.2. The average molecular weight is 330 g/mol. The summed E-state index contributed by atoms with van der Waals surface area (Å²) in [6, 6.07) is 8.15. The molecule has 0 unspecified atom stereocenters. The average Bonchev–Trinajstić information content (AvgIpc) is 3.04. The lowest BCUT2D eigenvalue weighted by molar-refractivity contribution is 0.325. The fourth-order valence-electron chi connectivity index (χ4n) is 2.22. The van der Waals surface area contributed by atoms with E-state index in [1.165, 1.54) is 19.3 Å². The topological polar surface area (TPSA) is 35.0 Å².